The van der Waals surface area contributed by atoms with Crippen molar-refractivity contribution >= 4 is 29.3 Å². The number of hydrogen-bond donors (Lipinski definition) is 1. The monoisotopic (exact) mass is 491 g/mol. The van der Waals surface area contributed by atoms with Gasteiger partial charge in [-0.05, 0) is 55.9 Å². The number of rotatable bonds is 8. The molecule has 1 atom stereocenters. The van der Waals surface area contributed by atoms with E-state index in [1.54, 1.807) is 0 Å². The van der Waals surface area contributed by atoms with Crippen molar-refractivity contribution in [2.45, 2.75) is 64.2 Å². The smallest absolute Gasteiger partial charge is 0.254 e. The zero-order valence-electron chi connectivity index (χ0n) is 20.8. The molecule has 1 aliphatic heterocycles. The highest BCUT2D eigenvalue weighted by molar-refractivity contribution is 7.99. The van der Waals surface area contributed by atoms with Gasteiger partial charge in [-0.2, -0.15) is 0 Å². The van der Waals surface area contributed by atoms with Crippen LogP contribution < -0.4 is 5.32 Å². The van der Waals surface area contributed by atoms with Gasteiger partial charge in [0, 0.05) is 24.3 Å². The van der Waals surface area contributed by atoms with Gasteiger partial charge in [-0.1, -0.05) is 62.0 Å². The number of amides is 2. The van der Waals surface area contributed by atoms with Crippen molar-refractivity contribution in [1.29, 1.82) is 0 Å². The van der Waals surface area contributed by atoms with Gasteiger partial charge in [-0.3, -0.25) is 9.59 Å². The fourth-order valence-corrected chi connectivity index (χ4v) is 5.44. The molecule has 3 aromatic rings. The number of para-hydroxylation sites is 1. The molecule has 1 aliphatic rings. The Labute approximate surface area is 211 Å². The molecule has 184 valence electrons. The number of hydrogen-bond acceptors (Lipinski definition) is 5. The quantitative estimate of drug-likeness (QED) is 0.425. The maximum absolute atomic E-state index is 13.3. The van der Waals surface area contributed by atoms with Gasteiger partial charge in [-0.25, -0.2) is 0 Å². The molecular formula is C27H33N5O2S. The molecule has 7 nitrogen and oxygen atoms in total. The minimum Gasteiger partial charge on any atom is -0.328 e. The van der Waals surface area contributed by atoms with E-state index < -0.39 is 0 Å². The normalized spacial score (nSPS) is 15.6. The molecule has 1 saturated heterocycles. The first kappa shape index (κ1) is 25.0. The predicted octanol–water partition coefficient (Wildman–Crippen LogP) is 5.44. The van der Waals surface area contributed by atoms with Crippen LogP contribution in [0.2, 0.25) is 0 Å². The Bertz CT molecular complexity index is 1210. The lowest BCUT2D eigenvalue weighted by Gasteiger charge is -2.25. The number of aromatic nitrogens is 3. The van der Waals surface area contributed by atoms with E-state index in [2.05, 4.69) is 29.4 Å². The maximum Gasteiger partial charge on any atom is 0.254 e. The molecule has 0 spiro atoms. The van der Waals surface area contributed by atoms with Crippen molar-refractivity contribution in [2.24, 2.45) is 0 Å². The standard InChI is InChI=1S/C27H33N5O2S/c1-5-31-25(23-15-10-16-32(23)26(34)21-13-7-6-11-19(21)4)29-30-27(31)35-17-24(33)28-22-14-9-8-12-20(22)18(2)3/h6-9,11-14,18,23H,5,10,15-17H2,1-4H3,(H,28,33). The largest absolute Gasteiger partial charge is 0.328 e. The summed E-state index contributed by atoms with van der Waals surface area (Å²) < 4.78 is 2.04. The molecule has 8 heteroatoms. The van der Waals surface area contributed by atoms with Crippen molar-refractivity contribution in [1.82, 2.24) is 19.7 Å². The zero-order chi connectivity index (χ0) is 24.9. The first-order chi connectivity index (χ1) is 16.9. The van der Waals surface area contributed by atoms with E-state index in [0.717, 1.165) is 41.0 Å². The second-order valence-corrected chi connectivity index (χ2v) is 10.1. The molecule has 1 N–H and O–H groups in total. The Balaban J connectivity index is 1.47. The molecule has 1 fully saturated rings. The summed E-state index contributed by atoms with van der Waals surface area (Å²) in [6.45, 7) is 9.60. The average Bonchev–Trinajstić information content (AvgIpc) is 3.49. The highest BCUT2D eigenvalue weighted by Crippen LogP contribution is 2.34. The minimum atomic E-state index is -0.115. The third-order valence-electron chi connectivity index (χ3n) is 6.44. The molecule has 0 bridgehead atoms. The maximum atomic E-state index is 13.3. The highest BCUT2D eigenvalue weighted by atomic mass is 32.2. The van der Waals surface area contributed by atoms with E-state index in [1.165, 1.54) is 11.8 Å². The van der Waals surface area contributed by atoms with Gasteiger partial charge in [-0.15, -0.1) is 10.2 Å². The topological polar surface area (TPSA) is 80.1 Å². The molecule has 1 unspecified atom stereocenters. The summed E-state index contributed by atoms with van der Waals surface area (Å²) in [5.41, 5.74) is 3.67. The number of carbonyl (C=O) groups excluding carboxylic acids is 2. The lowest BCUT2D eigenvalue weighted by molar-refractivity contribution is -0.113. The molecule has 2 heterocycles. The summed E-state index contributed by atoms with van der Waals surface area (Å²) >= 11 is 1.38. The van der Waals surface area contributed by atoms with E-state index in [4.69, 9.17) is 0 Å². The van der Waals surface area contributed by atoms with Gasteiger partial charge in [0.05, 0.1) is 11.8 Å². The Morgan fingerprint density at radius 1 is 1.11 bits per heavy atom. The summed E-state index contributed by atoms with van der Waals surface area (Å²) in [6, 6.07) is 15.5. The van der Waals surface area contributed by atoms with E-state index in [1.807, 2.05) is 71.8 Å². The van der Waals surface area contributed by atoms with Gasteiger partial charge in [0.15, 0.2) is 11.0 Å². The van der Waals surface area contributed by atoms with Crippen molar-refractivity contribution in [2.75, 3.05) is 17.6 Å². The first-order valence-electron chi connectivity index (χ1n) is 12.2. The molecular weight excluding hydrogens is 458 g/mol. The molecule has 35 heavy (non-hydrogen) atoms. The molecule has 2 amide bonds. The van der Waals surface area contributed by atoms with E-state index >= 15 is 0 Å². The Hall–Kier alpha value is -3.13. The third kappa shape index (κ3) is 5.42. The van der Waals surface area contributed by atoms with Gasteiger partial charge in [0.25, 0.3) is 5.91 Å². The van der Waals surface area contributed by atoms with E-state index in [9.17, 15) is 9.59 Å². The van der Waals surface area contributed by atoms with E-state index in [0.29, 0.717) is 24.2 Å². The van der Waals surface area contributed by atoms with Crippen molar-refractivity contribution in [3.8, 4) is 0 Å². The van der Waals surface area contributed by atoms with Crippen LogP contribution in [0.25, 0.3) is 0 Å². The molecule has 0 aliphatic carbocycles. The number of nitrogens with zero attached hydrogens (tertiary/aromatic N) is 4. The molecule has 2 aromatic carbocycles. The van der Waals surface area contributed by atoms with Crippen LogP contribution in [-0.4, -0.2) is 43.8 Å². The summed E-state index contributed by atoms with van der Waals surface area (Å²) in [6.07, 6.45) is 1.78. The van der Waals surface area contributed by atoms with Crippen LogP contribution in [0, 0.1) is 6.92 Å². The summed E-state index contributed by atoms with van der Waals surface area (Å²) in [5.74, 6) is 1.31. The second-order valence-electron chi connectivity index (χ2n) is 9.14. The number of nitrogens with one attached hydrogen (secondary N) is 1. The predicted molar refractivity (Wildman–Crippen MR) is 140 cm³/mol. The number of benzene rings is 2. The minimum absolute atomic E-state index is 0.0358. The van der Waals surface area contributed by atoms with Gasteiger partial charge in [0.2, 0.25) is 5.91 Å². The first-order valence-corrected chi connectivity index (χ1v) is 13.2. The Morgan fingerprint density at radius 2 is 1.86 bits per heavy atom. The number of anilines is 1. The lowest BCUT2D eigenvalue weighted by atomic mass is 10.0. The van der Waals surface area contributed by atoms with Crippen LogP contribution in [0.1, 0.15) is 72.9 Å². The molecule has 0 radical (unpaired) electrons. The van der Waals surface area contributed by atoms with Crippen molar-refractivity contribution in [3.63, 3.8) is 0 Å². The van der Waals surface area contributed by atoms with Crippen molar-refractivity contribution < 1.29 is 9.59 Å². The third-order valence-corrected chi connectivity index (χ3v) is 7.40. The fraction of sp³-hybridized carbons (Fsp3) is 0.407. The fourth-order valence-electron chi connectivity index (χ4n) is 4.63. The van der Waals surface area contributed by atoms with Crippen LogP contribution >= 0.6 is 11.8 Å². The van der Waals surface area contributed by atoms with Crippen LogP contribution in [0.5, 0.6) is 0 Å². The van der Waals surface area contributed by atoms with Crippen molar-refractivity contribution in [3.05, 3.63) is 71.0 Å². The number of thioether (sulfide) groups is 1. The van der Waals surface area contributed by atoms with Crippen LogP contribution in [-0.2, 0) is 11.3 Å². The second kappa shape index (κ2) is 11.1. The zero-order valence-corrected chi connectivity index (χ0v) is 21.6. The Kier molecular flexibility index (Phi) is 7.90. The van der Waals surface area contributed by atoms with Crippen LogP contribution in [0.4, 0.5) is 5.69 Å². The Morgan fingerprint density at radius 3 is 2.60 bits per heavy atom. The molecule has 4 rings (SSSR count). The number of likely N-dealkylation sites (tertiary alicyclic amines) is 1. The number of carbonyl (C=O) groups is 2. The average molecular weight is 492 g/mol. The lowest BCUT2D eigenvalue weighted by Crippen LogP contribution is -2.32. The summed E-state index contributed by atoms with van der Waals surface area (Å²) in [4.78, 5) is 28.0. The van der Waals surface area contributed by atoms with Crippen LogP contribution in [0.15, 0.2) is 53.7 Å². The SMILES string of the molecule is CCn1c(SCC(=O)Nc2ccccc2C(C)C)nnc1C1CCCN1C(=O)c1ccccc1C. The summed E-state index contributed by atoms with van der Waals surface area (Å²) in [7, 11) is 0. The van der Waals surface area contributed by atoms with Gasteiger partial charge >= 0.3 is 0 Å². The highest BCUT2D eigenvalue weighted by Gasteiger charge is 2.35. The van der Waals surface area contributed by atoms with E-state index in [-0.39, 0.29) is 23.6 Å². The van der Waals surface area contributed by atoms with Gasteiger partial charge < -0.3 is 14.8 Å². The number of aryl methyl sites for hydroxylation is 1. The molecule has 1 aromatic heterocycles. The molecule has 0 saturated carbocycles. The summed E-state index contributed by atoms with van der Waals surface area (Å²) in [5, 5.41) is 12.6. The van der Waals surface area contributed by atoms with Crippen LogP contribution in [0.3, 0.4) is 0 Å². The van der Waals surface area contributed by atoms with Gasteiger partial charge in [0.1, 0.15) is 0 Å².